The van der Waals surface area contributed by atoms with Crippen molar-refractivity contribution in [3.63, 3.8) is 0 Å². The zero-order chi connectivity index (χ0) is 28.8. The van der Waals surface area contributed by atoms with Crippen molar-refractivity contribution in [2.75, 3.05) is 36.5 Å². The van der Waals surface area contributed by atoms with Crippen LogP contribution in [0.15, 0.2) is 73.3 Å². The minimum absolute atomic E-state index is 0.196. The van der Waals surface area contributed by atoms with E-state index in [2.05, 4.69) is 39.0 Å². The highest BCUT2D eigenvalue weighted by Crippen LogP contribution is 2.39. The predicted molar refractivity (Wildman–Crippen MR) is 159 cm³/mol. The molecule has 6 rings (SSSR count). The fraction of sp³-hybridized carbons (Fsp3) is 0.250. The summed E-state index contributed by atoms with van der Waals surface area (Å²) in [5.41, 5.74) is 4.86. The van der Waals surface area contributed by atoms with Gasteiger partial charge in [0.1, 0.15) is 17.5 Å². The number of ether oxygens (including phenoxy) is 1. The van der Waals surface area contributed by atoms with E-state index >= 15 is 4.39 Å². The molecule has 9 heteroatoms. The van der Waals surface area contributed by atoms with E-state index in [1.807, 2.05) is 43.3 Å². The zero-order valence-corrected chi connectivity index (χ0v) is 23.4. The lowest BCUT2D eigenvalue weighted by Crippen LogP contribution is -2.36. The third-order valence-corrected chi connectivity index (χ3v) is 6.61. The molecule has 0 aliphatic carbocycles. The molecule has 5 heterocycles. The third-order valence-electron chi connectivity index (χ3n) is 6.61. The van der Waals surface area contributed by atoms with Crippen molar-refractivity contribution in [1.82, 2.24) is 19.9 Å². The summed E-state index contributed by atoms with van der Waals surface area (Å²) in [5, 5.41) is 3.68. The standard InChI is InChI=1S/C29H24F2N6O.C3H8/c1-18-28(23-6-2-3-8-33-23)36-25-14-20(30)13-22(31)27(25)29(18)35-24-15-26(37-9-11-38-12-10-37)34-17-21(24)19-5-4-7-32-16-19;1-3-2/h2-8,13-17H,9-12H2,1H3,(H,34,35,36);3H2,1-2H3. The van der Waals surface area contributed by atoms with Crippen LogP contribution >= 0.6 is 0 Å². The first-order chi connectivity index (χ1) is 20.0. The van der Waals surface area contributed by atoms with Crippen molar-refractivity contribution < 1.29 is 13.5 Å². The van der Waals surface area contributed by atoms with Crippen LogP contribution in [0.3, 0.4) is 0 Å². The lowest BCUT2D eigenvalue weighted by molar-refractivity contribution is 0.122. The molecule has 1 aliphatic heterocycles. The molecule has 0 radical (unpaired) electrons. The maximum Gasteiger partial charge on any atom is 0.137 e. The second-order valence-electron chi connectivity index (χ2n) is 9.72. The van der Waals surface area contributed by atoms with Gasteiger partial charge in [0, 0.05) is 72.8 Å². The van der Waals surface area contributed by atoms with Gasteiger partial charge < -0.3 is 15.0 Å². The molecule has 210 valence electrons. The smallest absolute Gasteiger partial charge is 0.137 e. The molecule has 1 saturated heterocycles. The largest absolute Gasteiger partial charge is 0.378 e. The van der Waals surface area contributed by atoms with Gasteiger partial charge in [0.25, 0.3) is 0 Å². The average molecular weight is 555 g/mol. The predicted octanol–water partition coefficient (Wildman–Crippen LogP) is 7.34. The Morgan fingerprint density at radius 2 is 1.76 bits per heavy atom. The monoisotopic (exact) mass is 554 g/mol. The summed E-state index contributed by atoms with van der Waals surface area (Å²) in [6.45, 7) is 8.77. The van der Waals surface area contributed by atoms with Gasteiger partial charge in [-0.15, -0.1) is 0 Å². The van der Waals surface area contributed by atoms with Crippen molar-refractivity contribution in [1.29, 1.82) is 0 Å². The molecule has 0 saturated carbocycles. The SMILES string of the molecule is CCC.Cc1c(-c2ccccn2)nc2cc(F)cc(F)c2c1Nc1cc(N2CCOCC2)ncc1-c1cccnc1. The number of hydrogen-bond acceptors (Lipinski definition) is 7. The van der Waals surface area contributed by atoms with Gasteiger partial charge in [0.15, 0.2) is 0 Å². The molecule has 41 heavy (non-hydrogen) atoms. The molecular formula is C32H32F2N6O. The van der Waals surface area contributed by atoms with Crippen molar-refractivity contribution in [2.45, 2.75) is 27.2 Å². The number of pyridine rings is 4. The van der Waals surface area contributed by atoms with E-state index in [0.717, 1.165) is 23.0 Å². The molecule has 0 unspecified atom stereocenters. The van der Waals surface area contributed by atoms with Gasteiger partial charge in [0.2, 0.25) is 0 Å². The Morgan fingerprint density at radius 3 is 2.46 bits per heavy atom. The number of anilines is 3. The van der Waals surface area contributed by atoms with Crippen LogP contribution < -0.4 is 10.2 Å². The minimum Gasteiger partial charge on any atom is -0.378 e. The first-order valence-electron chi connectivity index (χ1n) is 13.7. The number of rotatable bonds is 5. The molecule has 4 aromatic heterocycles. The Morgan fingerprint density at radius 1 is 0.951 bits per heavy atom. The Labute approximate surface area is 238 Å². The molecule has 0 atom stereocenters. The molecule has 5 aromatic rings. The summed E-state index contributed by atoms with van der Waals surface area (Å²) in [6, 6.07) is 13.3. The normalized spacial score (nSPS) is 13.0. The first kappa shape index (κ1) is 28.0. The number of morpholine rings is 1. The van der Waals surface area contributed by atoms with Gasteiger partial charge in [-0.3, -0.25) is 9.97 Å². The van der Waals surface area contributed by atoms with Crippen molar-refractivity contribution >= 4 is 28.1 Å². The molecule has 1 aromatic carbocycles. The van der Waals surface area contributed by atoms with Gasteiger partial charge in [0.05, 0.1) is 46.9 Å². The molecule has 0 bridgehead atoms. The maximum absolute atomic E-state index is 15.3. The summed E-state index contributed by atoms with van der Waals surface area (Å²) in [7, 11) is 0. The number of hydrogen-bond donors (Lipinski definition) is 1. The van der Waals surface area contributed by atoms with Crippen LogP contribution in [0.5, 0.6) is 0 Å². The van der Waals surface area contributed by atoms with Gasteiger partial charge in [-0.25, -0.2) is 18.7 Å². The van der Waals surface area contributed by atoms with Crippen LogP contribution in [0.2, 0.25) is 0 Å². The van der Waals surface area contributed by atoms with Crippen LogP contribution in [0.4, 0.5) is 26.0 Å². The fourth-order valence-corrected chi connectivity index (χ4v) is 4.71. The van der Waals surface area contributed by atoms with E-state index in [-0.39, 0.29) is 10.9 Å². The molecular weight excluding hydrogens is 522 g/mol. The summed E-state index contributed by atoms with van der Waals surface area (Å²) < 4.78 is 35.1. The van der Waals surface area contributed by atoms with E-state index in [1.165, 1.54) is 12.5 Å². The van der Waals surface area contributed by atoms with Crippen LogP contribution in [0, 0.1) is 18.6 Å². The number of nitrogens with zero attached hydrogens (tertiary/aromatic N) is 5. The van der Waals surface area contributed by atoms with Crippen LogP contribution in [-0.4, -0.2) is 46.2 Å². The molecule has 7 nitrogen and oxygen atoms in total. The Balaban J connectivity index is 0.00000108. The summed E-state index contributed by atoms with van der Waals surface area (Å²) >= 11 is 0. The minimum atomic E-state index is -0.698. The fourth-order valence-electron chi connectivity index (χ4n) is 4.71. The van der Waals surface area contributed by atoms with Crippen molar-refractivity contribution in [2.24, 2.45) is 0 Å². The summed E-state index contributed by atoms with van der Waals surface area (Å²) in [4.78, 5) is 20.2. The maximum atomic E-state index is 15.3. The van der Waals surface area contributed by atoms with Crippen molar-refractivity contribution in [3.05, 3.63) is 90.5 Å². The zero-order valence-electron chi connectivity index (χ0n) is 23.4. The average Bonchev–Trinajstić information content (AvgIpc) is 3.00. The Kier molecular flexibility index (Phi) is 8.74. The van der Waals surface area contributed by atoms with E-state index in [4.69, 9.17) is 9.72 Å². The number of aromatic nitrogens is 4. The lowest BCUT2D eigenvalue weighted by atomic mass is 10.0. The number of benzene rings is 1. The second-order valence-corrected chi connectivity index (χ2v) is 9.72. The Bertz CT molecular complexity index is 1630. The van der Waals surface area contributed by atoms with Gasteiger partial charge in [-0.05, 0) is 25.1 Å². The highest BCUT2D eigenvalue weighted by atomic mass is 19.1. The van der Waals surface area contributed by atoms with E-state index in [1.54, 1.807) is 24.8 Å². The quantitative estimate of drug-likeness (QED) is 0.244. The second kappa shape index (κ2) is 12.8. The highest BCUT2D eigenvalue weighted by molar-refractivity contribution is 5.99. The van der Waals surface area contributed by atoms with Crippen LogP contribution in [0.25, 0.3) is 33.4 Å². The lowest BCUT2D eigenvalue weighted by Gasteiger charge is -2.28. The topological polar surface area (TPSA) is 76.1 Å². The Hall–Kier alpha value is -4.50. The number of fused-ring (bicyclic) bond motifs is 1. The molecule has 1 aliphatic rings. The van der Waals surface area contributed by atoms with E-state index in [9.17, 15) is 4.39 Å². The van der Waals surface area contributed by atoms with E-state index in [0.29, 0.717) is 54.6 Å². The number of halogens is 2. The van der Waals surface area contributed by atoms with Crippen molar-refractivity contribution in [3.8, 4) is 22.5 Å². The van der Waals surface area contributed by atoms with Gasteiger partial charge >= 0.3 is 0 Å². The highest BCUT2D eigenvalue weighted by Gasteiger charge is 2.21. The molecule has 0 spiro atoms. The van der Waals surface area contributed by atoms with Gasteiger partial charge in [-0.1, -0.05) is 32.4 Å². The summed E-state index contributed by atoms with van der Waals surface area (Å²) in [6.07, 6.45) is 8.16. The van der Waals surface area contributed by atoms with Crippen LogP contribution in [0.1, 0.15) is 25.8 Å². The third kappa shape index (κ3) is 6.15. The number of nitrogens with one attached hydrogen (secondary N) is 1. The van der Waals surface area contributed by atoms with Crippen LogP contribution in [-0.2, 0) is 4.74 Å². The van der Waals surface area contributed by atoms with Gasteiger partial charge in [-0.2, -0.15) is 0 Å². The molecule has 0 amide bonds. The first-order valence-corrected chi connectivity index (χ1v) is 13.7. The summed E-state index contributed by atoms with van der Waals surface area (Å²) in [5.74, 6) is -0.620. The molecule has 1 fully saturated rings. The van der Waals surface area contributed by atoms with E-state index < -0.39 is 11.6 Å². The molecule has 1 N–H and O–H groups in total.